The van der Waals surface area contributed by atoms with E-state index in [2.05, 4.69) is 195 Å². The maximum Gasteiger partial charge on any atom is 0.149 e. The number of para-hydroxylation sites is 1. The van der Waals surface area contributed by atoms with E-state index in [1.54, 1.807) is 0 Å². The van der Waals surface area contributed by atoms with Crippen LogP contribution in [0.1, 0.15) is 103 Å². The van der Waals surface area contributed by atoms with E-state index in [0.29, 0.717) is 0 Å². The molecule has 0 saturated heterocycles. The number of fused-ring (bicyclic) bond motifs is 4. The van der Waals surface area contributed by atoms with Crippen molar-refractivity contribution in [1.29, 1.82) is 0 Å². The van der Waals surface area contributed by atoms with Crippen LogP contribution in [0.15, 0.2) is 134 Å². The molecule has 5 heteroatoms. The van der Waals surface area contributed by atoms with E-state index in [1.165, 1.54) is 42.4 Å². The summed E-state index contributed by atoms with van der Waals surface area (Å²) in [6.45, 7) is 22.4. The lowest BCUT2D eigenvalue weighted by atomic mass is 9.78. The lowest BCUT2D eigenvalue weighted by Crippen LogP contribution is -2.17. The summed E-state index contributed by atoms with van der Waals surface area (Å²) >= 11 is 1.83. The number of hydrogen-bond donors (Lipinski definition) is 1. The van der Waals surface area contributed by atoms with Gasteiger partial charge in [0, 0.05) is 48.6 Å². The van der Waals surface area contributed by atoms with Crippen molar-refractivity contribution >= 4 is 42.5 Å². The Kier molecular flexibility index (Phi) is 10.0. The quantitative estimate of drug-likeness (QED) is 0.174. The normalized spacial score (nSPS) is 12.5. The van der Waals surface area contributed by atoms with E-state index >= 15 is 0 Å². The zero-order valence-corrected chi connectivity index (χ0v) is 37.9. The molecule has 3 aromatic heterocycles. The summed E-state index contributed by atoms with van der Waals surface area (Å²) in [5, 5.41) is 15.1. The molecule has 1 N–H and O–H groups in total. The molecule has 0 radical (unpaired) electrons. The zero-order chi connectivity index (χ0) is 43.0. The van der Waals surface area contributed by atoms with Crippen LogP contribution in [0.25, 0.3) is 81.8 Å². The number of phenols is 1. The molecule has 0 fully saturated rings. The van der Waals surface area contributed by atoms with Gasteiger partial charge in [0.25, 0.3) is 0 Å². The third-order valence-corrected chi connectivity index (χ3v) is 13.4. The second kappa shape index (κ2) is 15.1. The Morgan fingerprint density at radius 1 is 0.590 bits per heavy atom. The maximum atomic E-state index is 12.6. The third-order valence-electron chi connectivity index (χ3n) is 12.2. The molecule has 6 aromatic carbocycles. The minimum Gasteiger partial charge on any atom is -0.507 e. The predicted octanol–water partition coefficient (Wildman–Crippen LogP) is 16.0. The molecule has 0 aliphatic rings. The number of rotatable bonds is 7. The van der Waals surface area contributed by atoms with Crippen molar-refractivity contribution in [3.63, 3.8) is 0 Å². The van der Waals surface area contributed by atoms with Gasteiger partial charge in [-0.1, -0.05) is 142 Å². The van der Waals surface area contributed by atoms with Gasteiger partial charge < -0.3 is 5.11 Å². The van der Waals surface area contributed by atoms with Crippen LogP contribution in [0.5, 0.6) is 5.75 Å². The standard InChI is InChI=1S/C56H55N3OS/c1-33(2)41-27-36(35-19-12-11-13-20-35)28-42(34(3)4)51(41)59-48-24-18-22-40(50(48)58-54(59)45-31-38(55(5,6)7)32-46(52(45)60)56(8,9)10)44-30-37(47-23-16-17-26-57-47)29-43-39-21-14-15-25-49(39)61-53(43)44/h11-34,60H,1-10H3. The van der Waals surface area contributed by atoms with Crippen LogP contribution < -0.4 is 0 Å². The molecule has 306 valence electrons. The van der Waals surface area contributed by atoms with Crippen molar-refractivity contribution in [2.75, 3.05) is 0 Å². The van der Waals surface area contributed by atoms with Gasteiger partial charge in [-0.25, -0.2) is 4.98 Å². The van der Waals surface area contributed by atoms with Gasteiger partial charge >= 0.3 is 0 Å². The molecule has 4 nitrogen and oxygen atoms in total. The topological polar surface area (TPSA) is 50.9 Å². The highest BCUT2D eigenvalue weighted by molar-refractivity contribution is 7.26. The molecule has 0 bridgehead atoms. The van der Waals surface area contributed by atoms with Crippen molar-refractivity contribution in [3.8, 4) is 56.3 Å². The first kappa shape index (κ1) is 40.4. The van der Waals surface area contributed by atoms with E-state index in [0.717, 1.165) is 61.6 Å². The number of benzene rings is 6. The molecule has 9 rings (SSSR count). The number of thiophene rings is 1. The molecular formula is C56H55N3OS. The van der Waals surface area contributed by atoms with E-state index in [4.69, 9.17) is 9.97 Å². The van der Waals surface area contributed by atoms with Crippen molar-refractivity contribution in [3.05, 3.63) is 156 Å². The molecule has 0 spiro atoms. The minimum absolute atomic E-state index is 0.174. The van der Waals surface area contributed by atoms with E-state index < -0.39 is 0 Å². The number of imidazole rings is 1. The van der Waals surface area contributed by atoms with Crippen LogP contribution in [0.4, 0.5) is 0 Å². The Bertz CT molecular complexity index is 3070. The molecule has 0 aliphatic heterocycles. The van der Waals surface area contributed by atoms with Gasteiger partial charge in [-0.05, 0) is 105 Å². The van der Waals surface area contributed by atoms with Crippen molar-refractivity contribution in [2.45, 2.75) is 91.9 Å². The Labute approximate surface area is 364 Å². The van der Waals surface area contributed by atoms with Crippen LogP contribution in [-0.4, -0.2) is 19.6 Å². The first-order valence-electron chi connectivity index (χ1n) is 21.6. The van der Waals surface area contributed by atoms with Crippen molar-refractivity contribution in [2.24, 2.45) is 0 Å². The van der Waals surface area contributed by atoms with Crippen LogP contribution in [0.2, 0.25) is 0 Å². The fourth-order valence-corrected chi connectivity index (χ4v) is 10.1. The van der Waals surface area contributed by atoms with E-state index in [1.807, 2.05) is 23.6 Å². The summed E-state index contributed by atoms with van der Waals surface area (Å²) in [7, 11) is 0. The van der Waals surface area contributed by atoms with Gasteiger partial charge in [0.1, 0.15) is 11.6 Å². The highest BCUT2D eigenvalue weighted by Gasteiger charge is 2.31. The largest absolute Gasteiger partial charge is 0.507 e. The summed E-state index contributed by atoms with van der Waals surface area (Å²) in [5.74, 6) is 1.40. The van der Waals surface area contributed by atoms with Gasteiger partial charge in [0.2, 0.25) is 0 Å². The highest BCUT2D eigenvalue weighted by Crippen LogP contribution is 2.49. The van der Waals surface area contributed by atoms with Crippen LogP contribution in [0, 0.1) is 0 Å². The Balaban J connectivity index is 1.45. The van der Waals surface area contributed by atoms with Crippen molar-refractivity contribution < 1.29 is 5.11 Å². The minimum atomic E-state index is -0.315. The van der Waals surface area contributed by atoms with Gasteiger partial charge in [-0.15, -0.1) is 11.3 Å². The maximum absolute atomic E-state index is 12.6. The summed E-state index contributed by atoms with van der Waals surface area (Å²) in [6.07, 6.45) is 1.87. The zero-order valence-electron chi connectivity index (χ0n) is 37.1. The Morgan fingerprint density at radius 3 is 1.93 bits per heavy atom. The molecule has 0 aliphatic carbocycles. The lowest BCUT2D eigenvalue weighted by Gasteiger charge is -2.28. The first-order valence-corrected chi connectivity index (χ1v) is 22.4. The molecular weight excluding hydrogens is 763 g/mol. The second-order valence-electron chi connectivity index (χ2n) is 19.3. The molecule has 0 unspecified atom stereocenters. The monoisotopic (exact) mass is 817 g/mol. The summed E-state index contributed by atoms with van der Waals surface area (Å²) in [4.78, 5) is 10.6. The lowest BCUT2D eigenvalue weighted by molar-refractivity contribution is 0.446. The van der Waals surface area contributed by atoms with E-state index in [9.17, 15) is 5.11 Å². The number of nitrogens with zero attached hydrogens (tertiary/aromatic N) is 3. The fraction of sp³-hybridized carbons (Fsp3) is 0.250. The fourth-order valence-electron chi connectivity index (χ4n) is 8.86. The molecule has 9 aromatic rings. The number of phenolic OH excluding ortho intramolecular Hbond substituents is 1. The summed E-state index contributed by atoms with van der Waals surface area (Å²) in [5.41, 5.74) is 14.4. The van der Waals surface area contributed by atoms with Gasteiger partial charge in [0.15, 0.2) is 0 Å². The highest BCUT2D eigenvalue weighted by atomic mass is 32.1. The molecule has 61 heavy (non-hydrogen) atoms. The van der Waals surface area contributed by atoms with Crippen LogP contribution >= 0.6 is 11.3 Å². The number of aromatic nitrogens is 3. The van der Waals surface area contributed by atoms with Gasteiger partial charge in [-0.2, -0.15) is 0 Å². The van der Waals surface area contributed by atoms with E-state index in [-0.39, 0.29) is 28.4 Å². The number of aromatic hydroxyl groups is 1. The SMILES string of the molecule is CC(C)c1cc(-c2ccccc2)cc(C(C)C)c1-n1c(-c2cc(C(C)(C)C)cc(C(C)(C)C)c2O)nc2c(-c3cc(-c4ccccn4)cc4c3sc3ccccc34)cccc21. The Morgan fingerprint density at radius 2 is 1.28 bits per heavy atom. The molecule has 0 saturated carbocycles. The predicted molar refractivity (Wildman–Crippen MR) is 261 cm³/mol. The average Bonchev–Trinajstić information content (AvgIpc) is 3.81. The molecule has 0 amide bonds. The average molecular weight is 818 g/mol. The number of pyridine rings is 1. The second-order valence-corrected chi connectivity index (χ2v) is 20.3. The van der Waals surface area contributed by atoms with Crippen molar-refractivity contribution in [1.82, 2.24) is 14.5 Å². The van der Waals surface area contributed by atoms with Crippen LogP contribution in [-0.2, 0) is 10.8 Å². The molecule has 0 atom stereocenters. The summed E-state index contributed by atoms with van der Waals surface area (Å²) in [6, 6.07) is 45.9. The van der Waals surface area contributed by atoms with Crippen LogP contribution in [0.3, 0.4) is 0 Å². The first-order chi connectivity index (χ1) is 29.1. The number of hydrogen-bond acceptors (Lipinski definition) is 4. The van der Waals surface area contributed by atoms with Gasteiger partial charge in [-0.3, -0.25) is 9.55 Å². The van der Waals surface area contributed by atoms with Gasteiger partial charge in [0.05, 0.1) is 28.0 Å². The summed E-state index contributed by atoms with van der Waals surface area (Å²) < 4.78 is 4.85. The smallest absolute Gasteiger partial charge is 0.149 e. The molecule has 3 heterocycles. The third kappa shape index (κ3) is 7.13. The Hall–Kier alpha value is -6.04.